The average Bonchev–Trinajstić information content (AvgIpc) is 3.72. The largest absolute Gasteiger partial charge is 0.459 e. The maximum atomic E-state index is 13.7. The van der Waals surface area contributed by atoms with E-state index in [9.17, 15) is 9.59 Å². The molecule has 2 aromatic rings. The fourth-order valence-corrected chi connectivity index (χ4v) is 6.17. The van der Waals surface area contributed by atoms with Gasteiger partial charge in [0.25, 0.3) is 0 Å². The van der Waals surface area contributed by atoms with Gasteiger partial charge in [0, 0.05) is 30.1 Å². The molecule has 2 aliphatic carbocycles. The number of fused-ring (bicyclic) bond motifs is 3. The molecule has 2 aliphatic heterocycles. The lowest BCUT2D eigenvalue weighted by molar-refractivity contribution is -0.176. The van der Waals surface area contributed by atoms with Crippen LogP contribution in [0.25, 0.3) is 0 Å². The third kappa shape index (κ3) is 6.72. The lowest BCUT2D eigenvalue weighted by atomic mass is 9.65. The number of para-hydroxylation sites is 1. The Bertz CT molecular complexity index is 1160. The summed E-state index contributed by atoms with van der Waals surface area (Å²) >= 11 is 5.52. The molecule has 39 heavy (non-hydrogen) atoms. The summed E-state index contributed by atoms with van der Waals surface area (Å²) in [6.07, 6.45) is 3.88. The normalized spacial score (nSPS) is 26.0. The second-order valence-electron chi connectivity index (χ2n) is 11.8. The highest BCUT2D eigenvalue weighted by Crippen LogP contribution is 2.50. The Balaban J connectivity index is 1.41. The molecule has 5 atom stereocenters. The molecule has 0 radical (unpaired) electrons. The van der Waals surface area contributed by atoms with Gasteiger partial charge < -0.3 is 18.9 Å². The number of rotatable bonds is 7. The number of ether oxygens (including phenoxy) is 4. The van der Waals surface area contributed by atoms with Crippen molar-refractivity contribution in [1.82, 2.24) is 4.90 Å². The number of benzene rings is 2. The zero-order valence-electron chi connectivity index (χ0n) is 22.8. The smallest absolute Gasteiger partial charge is 0.411 e. The van der Waals surface area contributed by atoms with E-state index in [1.54, 1.807) is 4.90 Å². The van der Waals surface area contributed by atoms with Crippen LogP contribution in [0.15, 0.2) is 60.7 Å². The second kappa shape index (κ2) is 11.5. The summed E-state index contributed by atoms with van der Waals surface area (Å²) in [5, 5.41) is 0.0276. The van der Waals surface area contributed by atoms with Gasteiger partial charge in [-0.3, -0.25) is 4.90 Å². The number of thiocarbonyl (C=S) groups is 1. The predicted molar refractivity (Wildman–Crippen MR) is 150 cm³/mol. The number of esters is 1. The maximum absolute atomic E-state index is 13.7. The highest BCUT2D eigenvalue weighted by molar-refractivity contribution is 7.79. The summed E-state index contributed by atoms with van der Waals surface area (Å²) in [4.78, 5) is 29.0. The lowest BCUT2D eigenvalue weighted by Gasteiger charge is -2.56. The van der Waals surface area contributed by atoms with Crippen molar-refractivity contribution in [1.29, 1.82) is 0 Å². The molecule has 2 saturated carbocycles. The molecule has 6 rings (SSSR count). The second-order valence-corrected chi connectivity index (χ2v) is 12.2. The molecule has 0 N–H and O–H groups in total. The lowest BCUT2D eigenvalue weighted by Crippen LogP contribution is -2.69. The van der Waals surface area contributed by atoms with Crippen molar-refractivity contribution >= 4 is 29.5 Å². The zero-order chi connectivity index (χ0) is 27.6. The minimum absolute atomic E-state index is 0.0132. The van der Waals surface area contributed by atoms with Crippen LogP contribution in [-0.2, 0) is 25.6 Å². The highest BCUT2D eigenvalue weighted by Gasteiger charge is 2.60. The molecule has 1 unspecified atom stereocenters. The molecule has 2 aromatic carbocycles. The van der Waals surface area contributed by atoms with Crippen molar-refractivity contribution in [3.63, 3.8) is 0 Å². The summed E-state index contributed by atoms with van der Waals surface area (Å²) in [7, 11) is 0. The molecule has 7 nitrogen and oxygen atoms in total. The Morgan fingerprint density at radius 2 is 1.62 bits per heavy atom. The van der Waals surface area contributed by atoms with E-state index in [0.29, 0.717) is 11.7 Å². The number of carbonyl (C=O) groups excluding carboxylic acids is 2. The Labute approximate surface area is 235 Å². The van der Waals surface area contributed by atoms with Crippen LogP contribution in [0.4, 0.5) is 4.79 Å². The molecule has 4 fully saturated rings. The first kappa shape index (κ1) is 27.4. The Hall–Kier alpha value is -3.13. The van der Waals surface area contributed by atoms with Crippen LogP contribution in [0.3, 0.4) is 0 Å². The molecule has 1 amide bonds. The molecule has 2 saturated heterocycles. The molecule has 2 heterocycles. The first-order valence-corrected chi connectivity index (χ1v) is 14.3. The quantitative estimate of drug-likeness (QED) is 0.296. The standard InChI is InChI=1S/C31H37NO6S/c1-31(2,3)38-29(34)32-25-17-16-23(26(32)28(33)35-19-21-10-6-4-7-11-21)27(24(25)18-20-14-15-20)37-30(39)36-22-12-8-5-9-13-22/h4-13,20,23-27H,14-19H2,1-3H3/t23-,24-,25?,26-,27-/m0/s1. The summed E-state index contributed by atoms with van der Waals surface area (Å²) in [6.45, 7) is 5.64. The van der Waals surface area contributed by atoms with Crippen LogP contribution < -0.4 is 4.74 Å². The molecule has 8 heteroatoms. The molecule has 4 aliphatic rings. The number of amides is 1. The van der Waals surface area contributed by atoms with Crippen molar-refractivity contribution < 1.29 is 28.5 Å². The van der Waals surface area contributed by atoms with Gasteiger partial charge in [0.15, 0.2) is 0 Å². The fourth-order valence-electron chi connectivity index (χ4n) is 5.96. The maximum Gasteiger partial charge on any atom is 0.411 e. The Morgan fingerprint density at radius 1 is 0.949 bits per heavy atom. The van der Waals surface area contributed by atoms with Crippen LogP contribution >= 0.6 is 12.2 Å². The monoisotopic (exact) mass is 551 g/mol. The van der Waals surface area contributed by atoms with Gasteiger partial charge in [-0.2, -0.15) is 0 Å². The summed E-state index contributed by atoms with van der Waals surface area (Å²) in [6, 6.07) is 17.8. The van der Waals surface area contributed by atoms with E-state index < -0.39 is 23.7 Å². The average molecular weight is 552 g/mol. The molecule has 0 spiro atoms. The molecule has 208 valence electrons. The van der Waals surface area contributed by atoms with Crippen LogP contribution in [-0.4, -0.2) is 46.0 Å². The summed E-state index contributed by atoms with van der Waals surface area (Å²) < 4.78 is 23.8. The predicted octanol–water partition coefficient (Wildman–Crippen LogP) is 6.29. The molecule has 0 aromatic heterocycles. The first-order chi connectivity index (χ1) is 18.7. The number of hydrogen-bond donors (Lipinski definition) is 0. The van der Waals surface area contributed by atoms with Gasteiger partial charge in [0.2, 0.25) is 0 Å². The third-order valence-electron chi connectivity index (χ3n) is 7.75. The number of piperidine rings is 2. The first-order valence-electron chi connectivity index (χ1n) is 13.8. The van der Waals surface area contributed by atoms with E-state index in [4.69, 9.17) is 31.2 Å². The van der Waals surface area contributed by atoms with Gasteiger partial charge >= 0.3 is 17.3 Å². The van der Waals surface area contributed by atoms with Gasteiger partial charge in [-0.25, -0.2) is 9.59 Å². The summed E-state index contributed by atoms with van der Waals surface area (Å²) in [5.41, 5.74) is 0.187. The van der Waals surface area contributed by atoms with E-state index in [1.807, 2.05) is 81.4 Å². The van der Waals surface area contributed by atoms with Gasteiger partial charge in [0.1, 0.15) is 30.1 Å². The SMILES string of the molecule is CC(C)(C)OC(=O)N1C2CC[C@H]([C@H](OC(=S)Oc3ccccc3)[C@H]2CC2CC2)[C@H]1C(=O)OCc1ccccc1. The molecular formula is C31H37NO6S. The van der Waals surface area contributed by atoms with Crippen LogP contribution in [0, 0.1) is 17.8 Å². The van der Waals surface area contributed by atoms with Crippen LogP contribution in [0.1, 0.15) is 58.4 Å². The van der Waals surface area contributed by atoms with Gasteiger partial charge in [-0.15, -0.1) is 0 Å². The van der Waals surface area contributed by atoms with Crippen molar-refractivity contribution in [2.75, 3.05) is 0 Å². The van der Waals surface area contributed by atoms with Gasteiger partial charge in [-0.1, -0.05) is 61.4 Å². The van der Waals surface area contributed by atoms with Gasteiger partial charge in [0.05, 0.1) is 0 Å². The number of hydrogen-bond acceptors (Lipinski definition) is 7. The van der Waals surface area contributed by atoms with Crippen LogP contribution in [0.5, 0.6) is 5.75 Å². The van der Waals surface area contributed by atoms with Crippen molar-refractivity contribution in [2.24, 2.45) is 17.8 Å². The number of nitrogens with zero attached hydrogens (tertiary/aromatic N) is 1. The molecular weight excluding hydrogens is 514 g/mol. The topological polar surface area (TPSA) is 74.3 Å². The fraction of sp³-hybridized carbons (Fsp3) is 0.516. The highest BCUT2D eigenvalue weighted by atomic mass is 32.1. The Morgan fingerprint density at radius 3 is 2.26 bits per heavy atom. The van der Waals surface area contributed by atoms with E-state index in [0.717, 1.165) is 24.8 Å². The summed E-state index contributed by atoms with van der Waals surface area (Å²) in [5.74, 6) is 0.448. The third-order valence-corrected chi connectivity index (χ3v) is 7.92. The molecule has 2 bridgehead atoms. The number of carbonyl (C=O) groups is 2. The van der Waals surface area contributed by atoms with E-state index in [1.165, 1.54) is 12.8 Å². The minimum Gasteiger partial charge on any atom is -0.459 e. The van der Waals surface area contributed by atoms with Crippen molar-refractivity contribution in [2.45, 2.75) is 83.3 Å². The van der Waals surface area contributed by atoms with E-state index in [-0.39, 0.29) is 35.8 Å². The minimum atomic E-state index is -0.831. The Kier molecular flexibility index (Phi) is 8.12. The van der Waals surface area contributed by atoms with Gasteiger partial charge in [-0.05, 0) is 63.6 Å². The van der Waals surface area contributed by atoms with Crippen LogP contribution in [0.2, 0.25) is 0 Å². The van der Waals surface area contributed by atoms with Crippen molar-refractivity contribution in [3.8, 4) is 5.75 Å². The van der Waals surface area contributed by atoms with Crippen molar-refractivity contribution in [3.05, 3.63) is 66.2 Å². The zero-order valence-corrected chi connectivity index (χ0v) is 23.6. The van der Waals surface area contributed by atoms with E-state index in [2.05, 4.69) is 0 Å². The van der Waals surface area contributed by atoms with E-state index >= 15 is 0 Å².